The van der Waals surface area contributed by atoms with Gasteiger partial charge in [0.25, 0.3) is 0 Å². The van der Waals surface area contributed by atoms with Gasteiger partial charge in [-0.15, -0.1) is 0 Å². The minimum atomic E-state index is -0.630. The summed E-state index contributed by atoms with van der Waals surface area (Å²) in [4.78, 5) is 17.9. The molecule has 1 aliphatic rings. The zero-order chi connectivity index (χ0) is 12.5. The number of anilines is 1. The Morgan fingerprint density at radius 2 is 2.22 bits per heavy atom. The van der Waals surface area contributed by atoms with Gasteiger partial charge in [0.15, 0.2) is 0 Å². The van der Waals surface area contributed by atoms with Crippen molar-refractivity contribution in [3.05, 3.63) is 40.4 Å². The number of aromatic amines is 1. The molecule has 0 radical (unpaired) electrons. The molecule has 2 aromatic rings. The number of benzene rings is 1. The molecule has 1 aliphatic heterocycles. The van der Waals surface area contributed by atoms with Crippen molar-refractivity contribution in [3.8, 4) is 0 Å². The van der Waals surface area contributed by atoms with Crippen molar-refractivity contribution < 1.29 is 4.79 Å². The van der Waals surface area contributed by atoms with Gasteiger partial charge in [-0.3, -0.25) is 4.79 Å². The van der Waals surface area contributed by atoms with Gasteiger partial charge in [-0.25, -0.2) is 0 Å². The standard InChI is InChI=1S/C12H11N5O/c13-17-16-10-6-5-9-11(15-12(10)18)7-3-1-2-4-8(7)14-9/h1-4,10,14H,5-6H2,(H,15,18). The second-order valence-corrected chi connectivity index (χ2v) is 4.27. The maximum atomic E-state index is 11.9. The SMILES string of the molecule is [N-]=[N+]=NC1CCc2[nH]c3ccccc3c2NC1=O. The lowest BCUT2D eigenvalue weighted by molar-refractivity contribution is -0.117. The van der Waals surface area contributed by atoms with Crippen LogP contribution in [-0.2, 0) is 11.2 Å². The number of H-pyrrole nitrogens is 1. The lowest BCUT2D eigenvalue weighted by atomic mass is 10.1. The average molecular weight is 241 g/mol. The molecule has 6 nitrogen and oxygen atoms in total. The Hall–Kier alpha value is -2.46. The summed E-state index contributed by atoms with van der Waals surface area (Å²) in [6.07, 6.45) is 1.21. The molecule has 0 bridgehead atoms. The van der Waals surface area contributed by atoms with E-state index in [-0.39, 0.29) is 5.91 Å². The fourth-order valence-electron chi connectivity index (χ4n) is 2.32. The Kier molecular flexibility index (Phi) is 2.42. The summed E-state index contributed by atoms with van der Waals surface area (Å²) < 4.78 is 0. The number of carbonyl (C=O) groups excluding carboxylic acids is 1. The third-order valence-electron chi connectivity index (χ3n) is 3.19. The maximum Gasteiger partial charge on any atom is 0.233 e. The predicted octanol–water partition coefficient (Wildman–Crippen LogP) is 2.73. The number of hydrogen-bond donors (Lipinski definition) is 2. The quantitative estimate of drug-likeness (QED) is 0.448. The molecule has 18 heavy (non-hydrogen) atoms. The number of amides is 1. The second kappa shape index (κ2) is 4.09. The Balaban J connectivity index is 2.08. The molecule has 0 saturated heterocycles. The van der Waals surface area contributed by atoms with Crippen LogP contribution in [0.1, 0.15) is 12.1 Å². The van der Waals surface area contributed by atoms with Gasteiger partial charge < -0.3 is 10.3 Å². The van der Waals surface area contributed by atoms with E-state index < -0.39 is 6.04 Å². The number of fused-ring (bicyclic) bond motifs is 3. The Morgan fingerprint density at radius 3 is 3.06 bits per heavy atom. The van der Waals surface area contributed by atoms with Crippen molar-refractivity contribution in [2.24, 2.45) is 5.11 Å². The zero-order valence-electron chi connectivity index (χ0n) is 9.55. The van der Waals surface area contributed by atoms with E-state index in [4.69, 9.17) is 5.53 Å². The van der Waals surface area contributed by atoms with Crippen LogP contribution in [0, 0.1) is 0 Å². The summed E-state index contributed by atoms with van der Waals surface area (Å²) in [6.45, 7) is 0. The van der Waals surface area contributed by atoms with Crippen LogP contribution in [0.5, 0.6) is 0 Å². The Labute approximate surface area is 103 Å². The molecule has 1 aromatic heterocycles. The molecule has 0 saturated carbocycles. The van der Waals surface area contributed by atoms with Crippen molar-refractivity contribution in [2.75, 3.05) is 5.32 Å². The molecule has 90 valence electrons. The third-order valence-corrected chi connectivity index (χ3v) is 3.19. The van der Waals surface area contributed by atoms with Gasteiger partial charge in [-0.1, -0.05) is 23.3 Å². The van der Waals surface area contributed by atoms with E-state index >= 15 is 0 Å². The first-order valence-corrected chi connectivity index (χ1v) is 5.74. The van der Waals surface area contributed by atoms with Crippen LogP contribution in [0.15, 0.2) is 29.4 Å². The second-order valence-electron chi connectivity index (χ2n) is 4.27. The van der Waals surface area contributed by atoms with E-state index in [1.165, 1.54) is 0 Å². The Bertz CT molecular complexity index is 668. The molecule has 1 atom stereocenters. The first-order chi connectivity index (χ1) is 8.79. The van der Waals surface area contributed by atoms with Crippen molar-refractivity contribution in [2.45, 2.75) is 18.9 Å². The summed E-state index contributed by atoms with van der Waals surface area (Å²) in [6, 6.07) is 7.18. The van der Waals surface area contributed by atoms with E-state index in [1.807, 2.05) is 24.3 Å². The normalized spacial score (nSPS) is 18.7. The number of nitrogens with zero attached hydrogens (tertiary/aromatic N) is 3. The number of rotatable bonds is 1. The number of nitrogens with one attached hydrogen (secondary N) is 2. The molecular formula is C12H11N5O. The molecule has 1 amide bonds. The molecule has 2 N–H and O–H groups in total. The molecule has 1 aromatic carbocycles. The molecule has 0 fully saturated rings. The fourth-order valence-corrected chi connectivity index (χ4v) is 2.32. The fraction of sp³-hybridized carbons (Fsp3) is 0.250. The summed E-state index contributed by atoms with van der Waals surface area (Å²) >= 11 is 0. The van der Waals surface area contributed by atoms with Crippen LogP contribution >= 0.6 is 0 Å². The van der Waals surface area contributed by atoms with Gasteiger partial charge in [-0.05, 0) is 24.4 Å². The lowest BCUT2D eigenvalue weighted by Crippen LogP contribution is -2.24. The number of aryl methyl sites for hydroxylation is 1. The zero-order valence-corrected chi connectivity index (χ0v) is 9.55. The van der Waals surface area contributed by atoms with Crippen LogP contribution in [0.3, 0.4) is 0 Å². The van der Waals surface area contributed by atoms with E-state index in [9.17, 15) is 4.79 Å². The van der Waals surface area contributed by atoms with Crippen LogP contribution in [0.25, 0.3) is 21.3 Å². The number of hydrogen-bond acceptors (Lipinski definition) is 2. The highest BCUT2D eigenvalue weighted by Crippen LogP contribution is 2.31. The predicted molar refractivity (Wildman–Crippen MR) is 68.2 cm³/mol. The summed E-state index contributed by atoms with van der Waals surface area (Å²) in [5.41, 5.74) is 11.2. The van der Waals surface area contributed by atoms with Crippen LogP contribution in [-0.4, -0.2) is 16.9 Å². The first-order valence-electron chi connectivity index (χ1n) is 5.74. The van der Waals surface area contributed by atoms with Gasteiger partial charge in [0.05, 0.1) is 5.69 Å². The molecule has 6 heteroatoms. The van der Waals surface area contributed by atoms with E-state index in [2.05, 4.69) is 20.3 Å². The largest absolute Gasteiger partial charge is 0.357 e. The van der Waals surface area contributed by atoms with Gasteiger partial charge in [0, 0.05) is 21.5 Å². The Morgan fingerprint density at radius 1 is 1.39 bits per heavy atom. The monoisotopic (exact) mass is 241 g/mol. The maximum absolute atomic E-state index is 11.9. The van der Waals surface area contributed by atoms with Crippen molar-refractivity contribution in [1.29, 1.82) is 0 Å². The van der Waals surface area contributed by atoms with E-state index in [0.29, 0.717) is 12.8 Å². The average Bonchev–Trinajstić information content (AvgIpc) is 2.65. The molecule has 2 heterocycles. The molecule has 1 unspecified atom stereocenters. The minimum absolute atomic E-state index is 0.240. The number of carbonyl (C=O) groups is 1. The third kappa shape index (κ3) is 1.59. The summed E-state index contributed by atoms with van der Waals surface area (Å²) in [7, 11) is 0. The van der Waals surface area contributed by atoms with Crippen LogP contribution in [0.4, 0.5) is 5.69 Å². The molecule has 0 spiro atoms. The van der Waals surface area contributed by atoms with Crippen LogP contribution < -0.4 is 5.32 Å². The highest BCUT2D eigenvalue weighted by molar-refractivity contribution is 6.05. The first kappa shape index (κ1) is 10.7. The summed E-state index contributed by atoms with van der Waals surface area (Å²) in [5, 5.41) is 7.36. The van der Waals surface area contributed by atoms with E-state index in [1.54, 1.807) is 0 Å². The molecule has 3 rings (SSSR count). The number of azide groups is 1. The van der Waals surface area contributed by atoms with Crippen molar-refractivity contribution in [3.63, 3.8) is 0 Å². The van der Waals surface area contributed by atoms with Crippen molar-refractivity contribution >= 4 is 22.5 Å². The highest BCUT2D eigenvalue weighted by atomic mass is 16.2. The number of para-hydroxylation sites is 1. The molecule has 0 aliphatic carbocycles. The van der Waals surface area contributed by atoms with Crippen molar-refractivity contribution in [1.82, 2.24) is 4.98 Å². The topological polar surface area (TPSA) is 93.7 Å². The lowest BCUT2D eigenvalue weighted by Gasteiger charge is -2.05. The van der Waals surface area contributed by atoms with Crippen LogP contribution in [0.2, 0.25) is 0 Å². The smallest absolute Gasteiger partial charge is 0.233 e. The van der Waals surface area contributed by atoms with Gasteiger partial charge in [0.1, 0.15) is 6.04 Å². The van der Waals surface area contributed by atoms with Gasteiger partial charge in [-0.2, -0.15) is 0 Å². The van der Waals surface area contributed by atoms with E-state index in [0.717, 1.165) is 22.3 Å². The summed E-state index contributed by atoms with van der Waals surface area (Å²) in [5.74, 6) is -0.240. The molecular weight excluding hydrogens is 230 g/mol. The highest BCUT2D eigenvalue weighted by Gasteiger charge is 2.24. The minimum Gasteiger partial charge on any atom is -0.357 e. The van der Waals surface area contributed by atoms with Gasteiger partial charge in [0.2, 0.25) is 5.91 Å². The number of aromatic nitrogens is 1. The van der Waals surface area contributed by atoms with Gasteiger partial charge >= 0.3 is 0 Å².